The van der Waals surface area contributed by atoms with Gasteiger partial charge in [-0.05, 0) is 49.9 Å². The predicted molar refractivity (Wildman–Crippen MR) is 101 cm³/mol. The molecule has 0 aromatic carbocycles. The maximum atomic E-state index is 12.1. The molecule has 3 aliphatic rings. The normalized spacial score (nSPS) is 25.0. The Kier molecular flexibility index (Phi) is 7.23. The summed E-state index contributed by atoms with van der Waals surface area (Å²) in [5.41, 5.74) is 5.64. The lowest BCUT2D eigenvalue weighted by Gasteiger charge is -2.22. The highest BCUT2D eigenvalue weighted by molar-refractivity contribution is 5.87. The van der Waals surface area contributed by atoms with E-state index in [9.17, 15) is 14.4 Å². The number of nitrogens with zero attached hydrogens (tertiary/aromatic N) is 2. The summed E-state index contributed by atoms with van der Waals surface area (Å²) in [5, 5.41) is 11.0. The zero-order valence-corrected chi connectivity index (χ0v) is 16.5. The molecule has 7 nitrogen and oxygen atoms in total. The first-order valence-corrected chi connectivity index (χ1v) is 10.0. The Labute approximate surface area is 161 Å². The molecule has 2 atom stereocenters. The predicted octanol–water partition coefficient (Wildman–Crippen LogP) is 1.72. The Hall–Kier alpha value is -2.10. The zero-order valence-electron chi connectivity index (χ0n) is 16.5. The van der Waals surface area contributed by atoms with E-state index in [1.807, 2.05) is 6.07 Å². The minimum absolute atomic E-state index is 0.103. The number of amides is 3. The number of hydrogen-bond acceptors (Lipinski definition) is 4. The van der Waals surface area contributed by atoms with Crippen LogP contribution in [0.4, 0.5) is 0 Å². The maximum absolute atomic E-state index is 12.1. The van der Waals surface area contributed by atoms with Gasteiger partial charge in [-0.15, -0.1) is 0 Å². The third-order valence-corrected chi connectivity index (χ3v) is 5.82. The second-order valence-electron chi connectivity index (χ2n) is 8.55. The van der Waals surface area contributed by atoms with Gasteiger partial charge in [-0.3, -0.25) is 14.4 Å². The van der Waals surface area contributed by atoms with Crippen LogP contribution in [0, 0.1) is 28.6 Å². The van der Waals surface area contributed by atoms with E-state index in [1.54, 1.807) is 4.90 Å². The Morgan fingerprint density at radius 3 is 2.59 bits per heavy atom. The van der Waals surface area contributed by atoms with Crippen LogP contribution < -0.4 is 11.1 Å². The van der Waals surface area contributed by atoms with E-state index in [1.165, 1.54) is 0 Å². The van der Waals surface area contributed by atoms with Crippen molar-refractivity contribution in [1.29, 1.82) is 5.26 Å². The average Bonchev–Trinajstić information content (AvgIpc) is 3.06. The van der Waals surface area contributed by atoms with Gasteiger partial charge in [0.15, 0.2) is 0 Å². The van der Waals surface area contributed by atoms with E-state index in [-0.39, 0.29) is 35.1 Å². The SMILES string of the molecule is CC(C)CCC(=O)N1CC2(CC2)C[C@H]1C(N)=O.N#CCCC1CCNC1=O. The van der Waals surface area contributed by atoms with Gasteiger partial charge in [0.25, 0.3) is 0 Å². The number of nitrogens with two attached hydrogens (primary N) is 1. The summed E-state index contributed by atoms with van der Waals surface area (Å²) >= 11 is 0. The Balaban J connectivity index is 0.000000223. The molecule has 3 amide bonds. The van der Waals surface area contributed by atoms with Crippen molar-refractivity contribution in [3.05, 3.63) is 0 Å². The molecule has 1 aliphatic carbocycles. The number of nitrogens with one attached hydrogen (secondary N) is 1. The summed E-state index contributed by atoms with van der Waals surface area (Å²) < 4.78 is 0. The van der Waals surface area contributed by atoms with Crippen LogP contribution in [0.3, 0.4) is 0 Å². The van der Waals surface area contributed by atoms with Crippen LogP contribution >= 0.6 is 0 Å². The van der Waals surface area contributed by atoms with Crippen molar-refractivity contribution in [2.45, 2.75) is 71.3 Å². The molecular formula is C20H32N4O3. The largest absolute Gasteiger partial charge is 0.368 e. The van der Waals surface area contributed by atoms with Crippen LogP contribution in [0.15, 0.2) is 0 Å². The van der Waals surface area contributed by atoms with Crippen molar-refractivity contribution in [2.75, 3.05) is 13.1 Å². The third-order valence-electron chi connectivity index (χ3n) is 5.82. The second-order valence-corrected chi connectivity index (χ2v) is 8.55. The molecule has 1 unspecified atom stereocenters. The summed E-state index contributed by atoms with van der Waals surface area (Å²) in [7, 11) is 0. The number of likely N-dealkylation sites (tertiary alicyclic amines) is 1. The zero-order chi connectivity index (χ0) is 20.0. The third kappa shape index (κ3) is 5.95. The van der Waals surface area contributed by atoms with Crippen LogP contribution in [-0.4, -0.2) is 41.8 Å². The van der Waals surface area contributed by atoms with E-state index < -0.39 is 0 Å². The minimum Gasteiger partial charge on any atom is -0.368 e. The summed E-state index contributed by atoms with van der Waals surface area (Å²) in [6.45, 7) is 5.74. The molecular weight excluding hydrogens is 344 g/mol. The van der Waals surface area contributed by atoms with Crippen molar-refractivity contribution in [3.63, 3.8) is 0 Å². The van der Waals surface area contributed by atoms with Gasteiger partial charge in [0.05, 0.1) is 6.07 Å². The lowest BCUT2D eigenvalue weighted by Crippen LogP contribution is -2.43. The molecule has 1 spiro atoms. The van der Waals surface area contributed by atoms with Crippen LogP contribution in [0.1, 0.15) is 65.2 Å². The number of carbonyl (C=O) groups is 3. The van der Waals surface area contributed by atoms with Crippen molar-refractivity contribution >= 4 is 17.7 Å². The van der Waals surface area contributed by atoms with Crippen molar-refractivity contribution in [1.82, 2.24) is 10.2 Å². The van der Waals surface area contributed by atoms with E-state index in [0.29, 0.717) is 18.8 Å². The smallest absolute Gasteiger partial charge is 0.240 e. The molecule has 1 saturated carbocycles. The molecule has 3 rings (SSSR count). The molecule has 7 heteroatoms. The van der Waals surface area contributed by atoms with Gasteiger partial charge < -0.3 is 16.0 Å². The summed E-state index contributed by atoms with van der Waals surface area (Å²) in [6.07, 6.45) is 6.62. The molecule has 0 bridgehead atoms. The molecule has 2 saturated heterocycles. The first-order chi connectivity index (χ1) is 12.8. The fourth-order valence-electron chi connectivity index (χ4n) is 3.83. The van der Waals surface area contributed by atoms with Crippen LogP contribution in [0.25, 0.3) is 0 Å². The number of hydrogen-bond donors (Lipinski definition) is 2. The van der Waals surface area contributed by atoms with Gasteiger partial charge in [0.2, 0.25) is 17.7 Å². The van der Waals surface area contributed by atoms with Gasteiger partial charge in [-0.1, -0.05) is 13.8 Å². The summed E-state index contributed by atoms with van der Waals surface area (Å²) in [5.74, 6) is 0.510. The highest BCUT2D eigenvalue weighted by atomic mass is 16.2. The van der Waals surface area contributed by atoms with Gasteiger partial charge in [0.1, 0.15) is 6.04 Å². The highest BCUT2D eigenvalue weighted by Crippen LogP contribution is 2.54. The Bertz CT molecular complexity index is 607. The second kappa shape index (κ2) is 9.20. The number of carbonyl (C=O) groups excluding carboxylic acids is 3. The lowest BCUT2D eigenvalue weighted by molar-refractivity contribution is -0.137. The van der Waals surface area contributed by atoms with Crippen LogP contribution in [0.2, 0.25) is 0 Å². The van der Waals surface area contributed by atoms with Crippen LogP contribution in [0.5, 0.6) is 0 Å². The molecule has 150 valence electrons. The first-order valence-electron chi connectivity index (χ1n) is 10.0. The Morgan fingerprint density at radius 1 is 1.41 bits per heavy atom. The molecule has 27 heavy (non-hydrogen) atoms. The number of nitriles is 1. The quantitative estimate of drug-likeness (QED) is 0.734. The topological polar surface area (TPSA) is 116 Å². The van der Waals surface area contributed by atoms with E-state index in [2.05, 4.69) is 19.2 Å². The molecule has 0 aromatic rings. The molecule has 3 fully saturated rings. The summed E-state index contributed by atoms with van der Waals surface area (Å²) in [4.78, 5) is 36.1. The number of primary amides is 1. The summed E-state index contributed by atoms with van der Waals surface area (Å²) in [6, 6.07) is 1.69. The van der Waals surface area contributed by atoms with Gasteiger partial charge >= 0.3 is 0 Å². The molecule has 2 heterocycles. The van der Waals surface area contributed by atoms with E-state index in [4.69, 9.17) is 11.0 Å². The fraction of sp³-hybridized carbons (Fsp3) is 0.800. The van der Waals surface area contributed by atoms with E-state index in [0.717, 1.165) is 51.6 Å². The van der Waals surface area contributed by atoms with Crippen LogP contribution in [-0.2, 0) is 14.4 Å². The average molecular weight is 377 g/mol. The first kappa shape index (κ1) is 21.2. The van der Waals surface area contributed by atoms with Gasteiger partial charge in [-0.25, -0.2) is 0 Å². The fourth-order valence-corrected chi connectivity index (χ4v) is 3.83. The van der Waals surface area contributed by atoms with Crippen molar-refractivity contribution in [2.24, 2.45) is 23.0 Å². The van der Waals surface area contributed by atoms with Crippen molar-refractivity contribution < 1.29 is 14.4 Å². The van der Waals surface area contributed by atoms with Gasteiger partial charge in [0, 0.05) is 31.8 Å². The van der Waals surface area contributed by atoms with Crippen molar-refractivity contribution in [3.8, 4) is 6.07 Å². The molecule has 3 N–H and O–H groups in total. The molecule has 0 aromatic heterocycles. The monoisotopic (exact) mass is 376 g/mol. The Morgan fingerprint density at radius 2 is 2.11 bits per heavy atom. The molecule has 2 aliphatic heterocycles. The lowest BCUT2D eigenvalue weighted by atomic mass is 10.0. The van der Waals surface area contributed by atoms with E-state index >= 15 is 0 Å². The number of rotatable bonds is 6. The standard InChI is InChI=1S/C13H22N2O2.C7H10N2O/c1-9(2)3-4-11(16)15-8-13(5-6-13)7-10(15)12(14)17;8-4-1-2-6-3-5-9-7(6)10/h9-10H,3-8H2,1-2H3,(H2,14,17);6H,1-3,5H2,(H,9,10)/t10-;/m0./s1. The highest BCUT2D eigenvalue weighted by Gasteiger charge is 2.54. The molecule has 0 radical (unpaired) electrons. The minimum atomic E-state index is -0.350. The van der Waals surface area contributed by atoms with Gasteiger partial charge in [-0.2, -0.15) is 5.26 Å². The maximum Gasteiger partial charge on any atom is 0.240 e.